The molecule has 1 atom stereocenters. The van der Waals surface area contributed by atoms with Crippen molar-refractivity contribution >= 4 is 11.6 Å². The molecule has 0 amide bonds. The summed E-state index contributed by atoms with van der Waals surface area (Å²) in [6.45, 7) is -1.07. The molecule has 0 bridgehead atoms. The Labute approximate surface area is 63.4 Å². The first-order chi connectivity index (χ1) is 5.25. The van der Waals surface area contributed by atoms with Crippen molar-refractivity contribution in [2.75, 3.05) is 6.67 Å². The molecule has 0 fully saturated rings. The van der Waals surface area contributed by atoms with Gasteiger partial charge in [-0.25, -0.2) is 4.39 Å². The molecule has 3 heteroatoms. The van der Waals surface area contributed by atoms with E-state index in [-0.39, 0.29) is 5.78 Å². The highest BCUT2D eigenvalue weighted by molar-refractivity contribution is 6.10. The van der Waals surface area contributed by atoms with E-state index in [1.54, 1.807) is 6.08 Å². The molecule has 0 aromatic carbocycles. The third-order valence-corrected chi connectivity index (χ3v) is 1.46. The summed E-state index contributed by atoms with van der Waals surface area (Å²) in [5, 5.41) is 0. The molecule has 0 heterocycles. The number of rotatable bonds is 2. The van der Waals surface area contributed by atoms with Gasteiger partial charge in [0.1, 0.15) is 12.6 Å². The summed E-state index contributed by atoms with van der Waals surface area (Å²) < 4.78 is 11.8. The SMILES string of the molecule is O=C1C=CC=CC1C(=O)CF. The number of carbonyl (C=O) groups excluding carboxylic acids is 2. The number of alkyl halides is 1. The second-order valence-corrected chi connectivity index (χ2v) is 2.22. The van der Waals surface area contributed by atoms with Gasteiger partial charge in [-0.2, -0.15) is 0 Å². The van der Waals surface area contributed by atoms with Gasteiger partial charge in [0.2, 0.25) is 0 Å². The Morgan fingerprint density at radius 2 is 2.27 bits per heavy atom. The average molecular weight is 154 g/mol. The normalized spacial score (nSPS) is 22.3. The van der Waals surface area contributed by atoms with Crippen molar-refractivity contribution in [3.63, 3.8) is 0 Å². The molecule has 1 rings (SSSR count). The van der Waals surface area contributed by atoms with Gasteiger partial charge >= 0.3 is 0 Å². The van der Waals surface area contributed by atoms with Gasteiger partial charge in [-0.15, -0.1) is 0 Å². The molecule has 0 saturated heterocycles. The van der Waals surface area contributed by atoms with Crippen LogP contribution in [0.2, 0.25) is 0 Å². The molecule has 1 aliphatic carbocycles. The highest BCUT2D eigenvalue weighted by Gasteiger charge is 2.22. The average Bonchev–Trinajstić information content (AvgIpc) is 2.04. The fourth-order valence-electron chi connectivity index (χ4n) is 0.873. The molecular weight excluding hydrogens is 147 g/mol. The van der Waals surface area contributed by atoms with Crippen molar-refractivity contribution in [1.29, 1.82) is 0 Å². The van der Waals surface area contributed by atoms with Crippen LogP contribution in [0.25, 0.3) is 0 Å². The van der Waals surface area contributed by atoms with Crippen LogP contribution in [0.3, 0.4) is 0 Å². The van der Waals surface area contributed by atoms with E-state index in [9.17, 15) is 14.0 Å². The zero-order valence-electron chi connectivity index (χ0n) is 5.79. The minimum Gasteiger partial charge on any atom is -0.296 e. The van der Waals surface area contributed by atoms with Crippen molar-refractivity contribution < 1.29 is 14.0 Å². The summed E-state index contributed by atoms with van der Waals surface area (Å²) in [6.07, 6.45) is 5.78. The smallest absolute Gasteiger partial charge is 0.178 e. The fraction of sp³-hybridized carbons (Fsp3) is 0.250. The summed E-state index contributed by atoms with van der Waals surface area (Å²) in [4.78, 5) is 21.6. The quantitative estimate of drug-likeness (QED) is 0.552. The van der Waals surface area contributed by atoms with Crippen molar-refractivity contribution in [3.8, 4) is 0 Å². The monoisotopic (exact) mass is 154 g/mol. The number of allylic oxidation sites excluding steroid dienone is 4. The molecule has 0 aromatic rings. The van der Waals surface area contributed by atoms with E-state index in [1.807, 2.05) is 0 Å². The molecular formula is C8H7FO2. The van der Waals surface area contributed by atoms with Crippen LogP contribution in [0.4, 0.5) is 4.39 Å². The van der Waals surface area contributed by atoms with Gasteiger partial charge in [-0.05, 0) is 6.08 Å². The fourth-order valence-corrected chi connectivity index (χ4v) is 0.873. The molecule has 0 aromatic heterocycles. The van der Waals surface area contributed by atoms with Crippen LogP contribution in [-0.2, 0) is 9.59 Å². The molecule has 11 heavy (non-hydrogen) atoms. The maximum absolute atomic E-state index is 11.8. The molecule has 0 N–H and O–H groups in total. The molecule has 0 aliphatic heterocycles. The van der Waals surface area contributed by atoms with Crippen LogP contribution in [0.15, 0.2) is 24.3 Å². The molecule has 0 radical (unpaired) electrons. The van der Waals surface area contributed by atoms with E-state index < -0.39 is 18.4 Å². The lowest BCUT2D eigenvalue weighted by Crippen LogP contribution is -2.23. The number of hydrogen-bond acceptors (Lipinski definition) is 2. The van der Waals surface area contributed by atoms with Crippen LogP contribution in [0.1, 0.15) is 0 Å². The van der Waals surface area contributed by atoms with Gasteiger partial charge in [0.25, 0.3) is 0 Å². The number of Topliss-reactive ketones (excluding diaryl/α,β-unsaturated/α-hetero) is 1. The minimum absolute atomic E-state index is 0.338. The molecule has 58 valence electrons. The van der Waals surface area contributed by atoms with E-state index in [0.717, 1.165) is 0 Å². The first kappa shape index (κ1) is 7.85. The minimum atomic E-state index is -1.07. The lowest BCUT2D eigenvalue weighted by atomic mass is 9.96. The molecule has 1 aliphatic rings. The maximum Gasteiger partial charge on any atom is 0.178 e. The van der Waals surface area contributed by atoms with Crippen LogP contribution >= 0.6 is 0 Å². The highest BCUT2D eigenvalue weighted by Crippen LogP contribution is 2.08. The molecule has 0 saturated carbocycles. The second kappa shape index (κ2) is 3.23. The van der Waals surface area contributed by atoms with Crippen molar-refractivity contribution in [2.24, 2.45) is 5.92 Å². The zero-order valence-corrected chi connectivity index (χ0v) is 5.79. The zero-order chi connectivity index (χ0) is 8.27. The van der Waals surface area contributed by atoms with Crippen LogP contribution < -0.4 is 0 Å². The van der Waals surface area contributed by atoms with Gasteiger partial charge in [0.15, 0.2) is 11.6 Å². The summed E-state index contributed by atoms with van der Waals surface area (Å²) >= 11 is 0. The van der Waals surface area contributed by atoms with E-state index in [4.69, 9.17) is 0 Å². The lowest BCUT2D eigenvalue weighted by molar-refractivity contribution is -0.129. The van der Waals surface area contributed by atoms with Crippen molar-refractivity contribution in [2.45, 2.75) is 0 Å². The van der Waals surface area contributed by atoms with Gasteiger partial charge in [0.05, 0.1) is 0 Å². The Bertz CT molecular complexity index is 240. The number of hydrogen-bond donors (Lipinski definition) is 0. The largest absolute Gasteiger partial charge is 0.296 e. The third-order valence-electron chi connectivity index (χ3n) is 1.46. The summed E-state index contributed by atoms with van der Waals surface area (Å²) in [5.41, 5.74) is 0. The lowest BCUT2D eigenvalue weighted by Gasteiger charge is -2.06. The van der Waals surface area contributed by atoms with Gasteiger partial charge in [-0.3, -0.25) is 9.59 Å². The first-order valence-corrected chi connectivity index (χ1v) is 3.23. The Morgan fingerprint density at radius 3 is 2.82 bits per heavy atom. The van der Waals surface area contributed by atoms with Crippen molar-refractivity contribution in [1.82, 2.24) is 0 Å². The standard InChI is InChI=1S/C8H7FO2/c9-5-8(11)6-3-1-2-4-7(6)10/h1-4,6H,5H2. The number of halogens is 1. The maximum atomic E-state index is 11.8. The van der Waals surface area contributed by atoms with E-state index in [1.165, 1.54) is 18.2 Å². The topological polar surface area (TPSA) is 34.1 Å². The number of ketones is 2. The predicted octanol–water partition coefficient (Wildman–Crippen LogP) is 0.836. The Kier molecular flexibility index (Phi) is 2.31. The second-order valence-electron chi connectivity index (χ2n) is 2.22. The summed E-state index contributed by atoms with van der Waals surface area (Å²) in [6, 6.07) is 0. The third kappa shape index (κ3) is 1.61. The Morgan fingerprint density at radius 1 is 1.55 bits per heavy atom. The Hall–Kier alpha value is -1.25. The summed E-state index contributed by atoms with van der Waals surface area (Å²) in [7, 11) is 0. The molecule has 0 spiro atoms. The highest BCUT2D eigenvalue weighted by atomic mass is 19.1. The molecule has 2 nitrogen and oxygen atoms in total. The van der Waals surface area contributed by atoms with Gasteiger partial charge < -0.3 is 0 Å². The van der Waals surface area contributed by atoms with Crippen LogP contribution in [-0.4, -0.2) is 18.2 Å². The predicted molar refractivity (Wildman–Crippen MR) is 37.8 cm³/mol. The van der Waals surface area contributed by atoms with Crippen LogP contribution in [0.5, 0.6) is 0 Å². The van der Waals surface area contributed by atoms with E-state index in [0.29, 0.717) is 0 Å². The van der Waals surface area contributed by atoms with Crippen LogP contribution in [0, 0.1) is 5.92 Å². The molecule has 1 unspecified atom stereocenters. The number of carbonyl (C=O) groups is 2. The van der Waals surface area contributed by atoms with Crippen molar-refractivity contribution in [3.05, 3.63) is 24.3 Å². The Balaban J connectivity index is 2.73. The van der Waals surface area contributed by atoms with E-state index >= 15 is 0 Å². The van der Waals surface area contributed by atoms with Gasteiger partial charge in [0, 0.05) is 0 Å². The van der Waals surface area contributed by atoms with E-state index in [2.05, 4.69) is 0 Å². The van der Waals surface area contributed by atoms with Gasteiger partial charge in [-0.1, -0.05) is 18.2 Å². The first-order valence-electron chi connectivity index (χ1n) is 3.23. The summed E-state index contributed by atoms with van der Waals surface area (Å²) in [5.74, 6) is -1.89.